The number of likely N-dealkylation sites (N-methyl/N-ethyl adjacent to an activating group) is 1. The van der Waals surface area contributed by atoms with Gasteiger partial charge in [-0.25, -0.2) is 0 Å². The maximum absolute atomic E-state index is 11.2. The van der Waals surface area contributed by atoms with Gasteiger partial charge < -0.3 is 54.3 Å². The summed E-state index contributed by atoms with van der Waals surface area (Å²) in [5.41, 5.74) is 26.1. The summed E-state index contributed by atoms with van der Waals surface area (Å²) in [6.07, 6.45) is 31.6. The van der Waals surface area contributed by atoms with Crippen LogP contribution in [0, 0.1) is 20.8 Å². The van der Waals surface area contributed by atoms with Crippen molar-refractivity contribution in [3.05, 3.63) is 348 Å². The molecule has 12 aromatic rings. The zero-order valence-electron chi connectivity index (χ0n) is 70.1. The molecule has 0 spiro atoms. The molecule has 15 rings (SSSR count). The van der Waals surface area contributed by atoms with E-state index in [-0.39, 0.29) is 28.9 Å². The van der Waals surface area contributed by atoms with Crippen molar-refractivity contribution in [1.82, 2.24) is 14.0 Å². The Labute approximate surface area is 717 Å². The lowest BCUT2D eigenvalue weighted by atomic mass is 9.97. The largest absolute Gasteiger partial charge is 0.388 e. The Balaban J connectivity index is 0.000000149. The maximum atomic E-state index is 11.2. The van der Waals surface area contributed by atoms with Crippen LogP contribution >= 0.6 is 0 Å². The highest BCUT2D eigenvalue weighted by molar-refractivity contribution is 5.97. The molecule has 0 amide bonds. The number of nitrogens with zero attached hydrogens (tertiary/aromatic N) is 6. The first-order valence-corrected chi connectivity index (χ1v) is 41.8. The number of anilines is 3. The molecule has 5 heterocycles. The number of aliphatic hydroxyl groups is 5. The van der Waals surface area contributed by atoms with Gasteiger partial charge in [-0.3, -0.25) is 24.0 Å². The number of piperazine rings is 1. The van der Waals surface area contributed by atoms with E-state index in [1.165, 1.54) is 125 Å². The summed E-state index contributed by atoms with van der Waals surface area (Å²) in [5.74, 6) is -1.44. The highest BCUT2D eigenvalue weighted by atomic mass is 16.3. The number of aliphatic hydroxyl groups excluding tert-OH is 5. The van der Waals surface area contributed by atoms with E-state index >= 15 is 0 Å². The molecule has 0 aliphatic carbocycles. The number of aryl methyl sites for hydroxylation is 3. The second-order valence-electron chi connectivity index (χ2n) is 30.6. The van der Waals surface area contributed by atoms with Gasteiger partial charge in [0, 0.05) is 106 Å². The van der Waals surface area contributed by atoms with Crippen molar-refractivity contribution < 1.29 is 49.5 Å². The first-order chi connectivity index (χ1) is 59.4. The molecular weight excluding hydrogens is 1520 g/mol. The molecule has 0 saturated carbocycles. The van der Waals surface area contributed by atoms with Crippen molar-refractivity contribution >= 4 is 76.4 Å². The van der Waals surface area contributed by atoms with Crippen molar-refractivity contribution in [2.24, 2.45) is 0 Å². The summed E-state index contributed by atoms with van der Waals surface area (Å²) in [4.78, 5) is 65.4. The molecular formula is C106H110N6O10. The van der Waals surface area contributed by atoms with Gasteiger partial charge in [0.1, 0.15) is 33.0 Å². The Bertz CT molecular complexity index is 5500. The molecule has 3 aliphatic rings. The summed E-state index contributed by atoms with van der Waals surface area (Å²) in [7, 11) is 2.17. The highest BCUT2D eigenvalue weighted by Gasteiger charge is 2.17. The molecule has 0 bridgehead atoms. The zero-order chi connectivity index (χ0) is 86.0. The normalized spacial score (nSPS) is 13.6. The molecule has 3 saturated heterocycles. The summed E-state index contributed by atoms with van der Waals surface area (Å²) in [6.45, 7) is 13.0. The number of carbonyl (C=O) groups is 5. The predicted molar refractivity (Wildman–Crippen MR) is 500 cm³/mol. The number of ketones is 5. The van der Waals surface area contributed by atoms with Crippen LogP contribution in [0.1, 0.15) is 83.0 Å². The molecule has 0 unspecified atom stereocenters. The van der Waals surface area contributed by atoms with Crippen molar-refractivity contribution in [1.29, 1.82) is 0 Å². The number of carbonyl (C=O) groups excluding carboxylic acids is 5. The Hall–Kier alpha value is -13.0. The number of hydrogen-bond acceptors (Lipinski definition) is 14. The van der Waals surface area contributed by atoms with E-state index < -0.39 is 33.0 Å². The van der Waals surface area contributed by atoms with E-state index in [9.17, 15) is 24.0 Å². The first-order valence-electron chi connectivity index (χ1n) is 41.8. The molecule has 10 aromatic carbocycles. The summed E-state index contributed by atoms with van der Waals surface area (Å²) < 4.78 is 4.14. The van der Waals surface area contributed by atoms with Crippen LogP contribution in [0.3, 0.4) is 0 Å². The minimum Gasteiger partial charge on any atom is -0.388 e. The third kappa shape index (κ3) is 27.0. The van der Waals surface area contributed by atoms with Crippen molar-refractivity contribution in [3.8, 4) is 67.0 Å². The lowest BCUT2D eigenvalue weighted by Crippen LogP contribution is -2.44. The third-order valence-electron chi connectivity index (χ3n) is 21.7. The van der Waals surface area contributed by atoms with Crippen LogP contribution in [0.15, 0.2) is 304 Å². The topological polar surface area (TPSA) is 209 Å². The average Bonchev–Trinajstić information content (AvgIpc) is 1.06. The second kappa shape index (κ2) is 46.5. The smallest absolute Gasteiger partial charge is 0.181 e. The van der Waals surface area contributed by atoms with Gasteiger partial charge >= 0.3 is 0 Å². The Kier molecular flexibility index (Phi) is 34.2. The van der Waals surface area contributed by atoms with Gasteiger partial charge in [0.05, 0.1) is 0 Å². The highest BCUT2D eigenvalue weighted by Crippen LogP contribution is 2.33. The molecule has 2 aromatic heterocycles. The standard InChI is InChI=1S/C22H26N2O2.C22H25NO2.C21H19NO2.C21H23NO2.C20H17NO2/c1-17-15-18(3-9-21(26)16-25)4-10-22(17)19-5-7-20(8-6-19)24-13-11-23(2)12-14-24;1-17-15-18(5-11-21(25)16-24)6-12-22(17)19-7-9-20(10-8-19)23-13-3-2-4-14-23;1-16-14-17(4-10-20(24)15-23)5-11-21(16)18-6-8-19(9-7-18)22-12-2-3-13-22;23-16-21(24)13-6-17-4-7-18(8-5-17)19-9-11-20(12-10-19)22-14-2-1-3-15-22;22-15-20(23)12-5-16-3-6-17(7-4-16)18-8-10-19(11-9-18)21-13-1-2-14-21/h3-10,15,25H,11-14,16H2,1-2H3;5-12,15,24H,2-4,13-14,16H2,1H3;2-14,23H,15H2,1H3;4-13,23H,1-3,14-16H2;1-14,22H,15H2/b9-3+;11-5+;10-4+;13-6+;12-5+. The summed E-state index contributed by atoms with van der Waals surface area (Å²) >= 11 is 0. The molecule has 0 atom stereocenters. The van der Waals surface area contributed by atoms with Crippen LogP contribution in [0.4, 0.5) is 17.1 Å². The van der Waals surface area contributed by atoms with Gasteiger partial charge in [0.25, 0.3) is 0 Å². The predicted octanol–water partition coefficient (Wildman–Crippen LogP) is 18.9. The van der Waals surface area contributed by atoms with Crippen molar-refractivity contribution in [2.75, 3.05) is 107 Å². The van der Waals surface area contributed by atoms with E-state index in [0.717, 1.165) is 125 Å². The van der Waals surface area contributed by atoms with E-state index in [4.69, 9.17) is 25.5 Å². The monoisotopic (exact) mass is 1630 g/mol. The molecule has 5 N–H and O–H groups in total. The van der Waals surface area contributed by atoms with Crippen LogP contribution in [-0.4, -0.2) is 161 Å². The van der Waals surface area contributed by atoms with Crippen molar-refractivity contribution in [2.45, 2.75) is 59.3 Å². The molecule has 122 heavy (non-hydrogen) atoms. The van der Waals surface area contributed by atoms with Crippen LogP contribution in [0.25, 0.3) is 97.4 Å². The second-order valence-corrected chi connectivity index (χ2v) is 30.6. The quantitative estimate of drug-likeness (QED) is 0.0337. The van der Waals surface area contributed by atoms with Gasteiger partial charge in [-0.1, -0.05) is 194 Å². The minimum absolute atomic E-state index is 0.282. The summed E-state index contributed by atoms with van der Waals surface area (Å²) in [6, 6.07) is 85.5. The van der Waals surface area contributed by atoms with Crippen LogP contribution in [-0.2, 0) is 24.0 Å². The first kappa shape index (κ1) is 89.8. The Morgan fingerprint density at radius 2 is 0.484 bits per heavy atom. The van der Waals surface area contributed by atoms with E-state index in [0.29, 0.717) is 0 Å². The van der Waals surface area contributed by atoms with Gasteiger partial charge in [0.15, 0.2) is 28.9 Å². The van der Waals surface area contributed by atoms with E-state index in [1.807, 2.05) is 110 Å². The fraction of sp³-hybridized carbons (Fsp3) is 0.217. The Morgan fingerprint density at radius 3 is 0.738 bits per heavy atom. The molecule has 16 heteroatoms. The molecule has 624 valence electrons. The van der Waals surface area contributed by atoms with E-state index in [1.54, 1.807) is 30.4 Å². The number of hydrogen-bond donors (Lipinski definition) is 5. The number of rotatable bonds is 25. The van der Waals surface area contributed by atoms with Gasteiger partial charge in [-0.15, -0.1) is 0 Å². The van der Waals surface area contributed by atoms with Gasteiger partial charge in [-0.2, -0.15) is 0 Å². The number of piperidine rings is 2. The maximum Gasteiger partial charge on any atom is 0.181 e. The van der Waals surface area contributed by atoms with E-state index in [2.05, 4.69) is 220 Å². The summed E-state index contributed by atoms with van der Waals surface area (Å²) in [5, 5.41) is 43.7. The zero-order valence-corrected chi connectivity index (χ0v) is 70.1. The lowest BCUT2D eigenvalue weighted by molar-refractivity contribution is -0.117. The molecule has 0 radical (unpaired) electrons. The average molecular weight is 1630 g/mol. The molecule has 3 aliphatic heterocycles. The van der Waals surface area contributed by atoms with Crippen LogP contribution in [0.2, 0.25) is 0 Å². The Morgan fingerprint density at radius 1 is 0.262 bits per heavy atom. The number of aromatic nitrogens is 2. The minimum atomic E-state index is -0.457. The fourth-order valence-electron chi connectivity index (χ4n) is 14.7. The van der Waals surface area contributed by atoms with Crippen molar-refractivity contribution in [3.63, 3.8) is 0 Å². The number of benzene rings is 10. The van der Waals surface area contributed by atoms with Crippen LogP contribution in [0.5, 0.6) is 0 Å². The SMILES string of the molecule is Cc1cc(/C=C/C(=O)CO)ccc1-c1ccc(-n2cccc2)cc1.Cc1cc(/C=C/C(=O)CO)ccc1-c1ccc(N2CCCCC2)cc1.Cc1cc(/C=C/C(=O)CO)ccc1-c1ccc(N2CCN(C)CC2)cc1.O=C(/C=C/c1ccc(-c2ccc(-n3cccc3)cc2)cc1)CO.O=C(/C=C/c1ccc(-c2ccc(N3CCCCC3)cc2)cc1)CO. The van der Waals surface area contributed by atoms with Gasteiger partial charge in [0.2, 0.25) is 0 Å². The third-order valence-corrected chi connectivity index (χ3v) is 21.7. The van der Waals surface area contributed by atoms with Gasteiger partial charge in [-0.05, 0) is 282 Å². The lowest BCUT2D eigenvalue weighted by Gasteiger charge is -2.34. The fourth-order valence-corrected chi connectivity index (χ4v) is 14.7. The molecule has 16 nitrogen and oxygen atoms in total. The van der Waals surface area contributed by atoms with Crippen LogP contribution < -0.4 is 14.7 Å². The molecule has 3 fully saturated rings.